The molecule has 1 aromatic carbocycles. The molecule has 0 aliphatic carbocycles. The molecule has 0 N–H and O–H groups in total. The maximum atomic E-state index is 11.6. The van der Waals surface area contributed by atoms with E-state index in [4.69, 9.17) is 0 Å². The van der Waals surface area contributed by atoms with Gasteiger partial charge in [0.05, 0.1) is 12.1 Å². The first-order valence-electron chi connectivity index (χ1n) is 4.40. The molecule has 15 heavy (non-hydrogen) atoms. The van der Waals surface area contributed by atoms with Crippen LogP contribution in [0.3, 0.4) is 0 Å². The monoisotopic (exact) mass is 265 g/mol. The van der Waals surface area contributed by atoms with Crippen molar-refractivity contribution in [3.8, 4) is 0 Å². The number of nitrogens with zero attached hydrogens (tertiary/aromatic N) is 1. The number of hydrogen-bond acceptors (Lipinski definition) is 2. The van der Waals surface area contributed by atoms with Crippen molar-refractivity contribution in [2.75, 3.05) is 4.90 Å². The molecular weight excluding hydrogens is 258 g/mol. The Morgan fingerprint density at radius 1 is 1.20 bits per heavy atom. The van der Waals surface area contributed by atoms with Gasteiger partial charge in [-0.25, -0.2) is 4.90 Å². The average molecular weight is 266 g/mol. The van der Waals surface area contributed by atoms with Crippen LogP contribution < -0.4 is 4.90 Å². The second-order valence-corrected chi connectivity index (χ2v) is 4.21. The van der Waals surface area contributed by atoms with E-state index in [0.29, 0.717) is 11.3 Å². The van der Waals surface area contributed by atoms with Crippen molar-refractivity contribution in [3.05, 3.63) is 40.9 Å². The number of imide groups is 1. The van der Waals surface area contributed by atoms with Gasteiger partial charge in [0.2, 0.25) is 5.91 Å². The highest BCUT2D eigenvalue weighted by molar-refractivity contribution is 9.10. The highest BCUT2D eigenvalue weighted by Crippen LogP contribution is 2.26. The molecule has 1 aromatic rings. The van der Waals surface area contributed by atoms with Crippen LogP contribution in [0.4, 0.5) is 5.69 Å². The number of anilines is 1. The number of carbonyl (C=O) groups is 2. The molecule has 1 heterocycles. The number of benzene rings is 1. The summed E-state index contributed by atoms with van der Waals surface area (Å²) in [7, 11) is 0. The molecule has 0 spiro atoms. The quantitative estimate of drug-likeness (QED) is 0.577. The molecule has 0 bridgehead atoms. The number of amides is 2. The maximum Gasteiger partial charge on any atom is 0.260 e. The molecule has 1 aliphatic rings. The lowest BCUT2D eigenvalue weighted by atomic mass is 10.3. The zero-order valence-corrected chi connectivity index (χ0v) is 9.45. The summed E-state index contributed by atoms with van der Waals surface area (Å²) in [4.78, 5) is 24.3. The molecule has 2 amide bonds. The zero-order valence-electron chi connectivity index (χ0n) is 7.87. The van der Waals surface area contributed by atoms with Crippen LogP contribution in [0.15, 0.2) is 40.9 Å². The number of halogens is 1. The number of hydrogen-bond donors (Lipinski definition) is 0. The van der Waals surface area contributed by atoms with Crippen LogP contribution in [0.1, 0.15) is 6.42 Å². The molecule has 1 aliphatic heterocycles. The topological polar surface area (TPSA) is 37.4 Å². The van der Waals surface area contributed by atoms with E-state index in [0.717, 1.165) is 9.37 Å². The molecule has 0 aromatic heterocycles. The second-order valence-electron chi connectivity index (χ2n) is 3.29. The van der Waals surface area contributed by atoms with E-state index in [1.807, 2.05) is 0 Å². The third-order valence-corrected chi connectivity index (χ3v) is 2.73. The van der Waals surface area contributed by atoms with Crippen molar-refractivity contribution >= 4 is 33.4 Å². The van der Waals surface area contributed by atoms with E-state index >= 15 is 0 Å². The molecule has 76 valence electrons. The molecule has 0 atom stereocenters. The van der Waals surface area contributed by atoms with Crippen molar-refractivity contribution in [2.24, 2.45) is 0 Å². The van der Waals surface area contributed by atoms with Crippen LogP contribution in [0.25, 0.3) is 0 Å². The lowest BCUT2D eigenvalue weighted by Crippen LogP contribution is -2.28. The van der Waals surface area contributed by atoms with Gasteiger partial charge in [0.15, 0.2) is 0 Å². The first-order chi connectivity index (χ1) is 7.09. The summed E-state index contributed by atoms with van der Waals surface area (Å²) in [6.07, 6.45) is 0.120. The standard InChI is InChI=1S/C11H8BrNO2/c1-7-6-10(14)13(11(7)15)9-4-2-8(12)3-5-9/h2-5H,1,6H2. The lowest BCUT2D eigenvalue weighted by molar-refractivity contribution is -0.120. The van der Waals surface area contributed by atoms with Gasteiger partial charge in [0.1, 0.15) is 0 Å². The fourth-order valence-electron chi connectivity index (χ4n) is 1.46. The Morgan fingerprint density at radius 2 is 1.80 bits per heavy atom. The second kappa shape index (κ2) is 3.62. The summed E-state index contributed by atoms with van der Waals surface area (Å²) in [6.45, 7) is 3.56. The van der Waals surface area contributed by atoms with Crippen molar-refractivity contribution in [2.45, 2.75) is 6.42 Å². The molecular formula is C11H8BrNO2. The van der Waals surface area contributed by atoms with E-state index in [1.165, 1.54) is 0 Å². The van der Waals surface area contributed by atoms with E-state index in [9.17, 15) is 9.59 Å². The third-order valence-electron chi connectivity index (χ3n) is 2.20. The van der Waals surface area contributed by atoms with E-state index in [-0.39, 0.29) is 18.2 Å². The molecule has 2 rings (SSSR count). The van der Waals surface area contributed by atoms with Crippen molar-refractivity contribution < 1.29 is 9.59 Å². The minimum absolute atomic E-state index is 0.120. The summed E-state index contributed by atoms with van der Waals surface area (Å²) < 4.78 is 0.907. The van der Waals surface area contributed by atoms with Gasteiger partial charge >= 0.3 is 0 Å². The van der Waals surface area contributed by atoms with E-state index in [1.54, 1.807) is 24.3 Å². The number of carbonyl (C=O) groups excluding carboxylic acids is 2. The fraction of sp³-hybridized carbons (Fsp3) is 0.0909. The molecule has 0 saturated carbocycles. The van der Waals surface area contributed by atoms with Crippen LogP contribution in [0.5, 0.6) is 0 Å². The summed E-state index contributed by atoms with van der Waals surface area (Å²) in [5.74, 6) is -0.519. The van der Waals surface area contributed by atoms with Gasteiger partial charge in [-0.3, -0.25) is 9.59 Å². The van der Waals surface area contributed by atoms with Gasteiger partial charge in [0.25, 0.3) is 5.91 Å². The molecule has 1 fully saturated rings. The van der Waals surface area contributed by atoms with E-state index < -0.39 is 0 Å². The Bertz CT molecular complexity index is 450. The highest BCUT2D eigenvalue weighted by Gasteiger charge is 2.33. The Kier molecular flexibility index (Phi) is 2.44. The first kappa shape index (κ1) is 10.1. The number of rotatable bonds is 1. The Morgan fingerprint density at radius 3 is 2.27 bits per heavy atom. The molecule has 0 unspecified atom stereocenters. The smallest absolute Gasteiger partial charge is 0.260 e. The van der Waals surface area contributed by atoms with Crippen molar-refractivity contribution in [1.29, 1.82) is 0 Å². The van der Waals surface area contributed by atoms with Gasteiger partial charge in [-0.05, 0) is 24.3 Å². The SMILES string of the molecule is C=C1CC(=O)N(c2ccc(Br)cc2)C1=O. The Balaban J connectivity index is 2.39. The predicted octanol–water partition coefficient (Wildman–Crippen LogP) is 2.27. The van der Waals surface area contributed by atoms with E-state index in [2.05, 4.69) is 22.5 Å². The largest absolute Gasteiger partial charge is 0.274 e. The van der Waals surface area contributed by atoms with Gasteiger partial charge in [-0.15, -0.1) is 0 Å². The maximum absolute atomic E-state index is 11.6. The Labute approximate surface area is 95.5 Å². The van der Waals surface area contributed by atoms with Crippen LogP contribution in [0.2, 0.25) is 0 Å². The zero-order chi connectivity index (χ0) is 11.0. The molecule has 3 nitrogen and oxygen atoms in total. The van der Waals surface area contributed by atoms with Gasteiger partial charge in [0, 0.05) is 10.0 Å². The van der Waals surface area contributed by atoms with Crippen LogP contribution in [-0.2, 0) is 9.59 Å². The molecule has 1 saturated heterocycles. The summed E-state index contributed by atoms with van der Waals surface area (Å²) in [5, 5.41) is 0. The van der Waals surface area contributed by atoms with Crippen molar-refractivity contribution in [3.63, 3.8) is 0 Å². The molecule has 4 heteroatoms. The van der Waals surface area contributed by atoms with Gasteiger partial charge in [-0.2, -0.15) is 0 Å². The highest BCUT2D eigenvalue weighted by atomic mass is 79.9. The van der Waals surface area contributed by atoms with Crippen LogP contribution >= 0.6 is 15.9 Å². The van der Waals surface area contributed by atoms with Crippen molar-refractivity contribution in [1.82, 2.24) is 0 Å². The van der Waals surface area contributed by atoms with Crippen LogP contribution in [-0.4, -0.2) is 11.8 Å². The van der Waals surface area contributed by atoms with Gasteiger partial charge in [-0.1, -0.05) is 22.5 Å². The minimum atomic E-state index is -0.303. The van der Waals surface area contributed by atoms with Crippen LogP contribution in [0, 0.1) is 0 Å². The normalized spacial score (nSPS) is 16.3. The Hall–Kier alpha value is -1.42. The summed E-state index contributed by atoms with van der Waals surface area (Å²) in [6, 6.07) is 7.02. The first-order valence-corrected chi connectivity index (χ1v) is 5.19. The molecule has 0 radical (unpaired) electrons. The minimum Gasteiger partial charge on any atom is -0.274 e. The van der Waals surface area contributed by atoms with Gasteiger partial charge < -0.3 is 0 Å². The fourth-order valence-corrected chi connectivity index (χ4v) is 1.72. The predicted molar refractivity (Wildman–Crippen MR) is 60.4 cm³/mol. The average Bonchev–Trinajstić information content (AvgIpc) is 2.44. The summed E-state index contributed by atoms with van der Waals surface area (Å²) >= 11 is 3.29. The third kappa shape index (κ3) is 1.72. The lowest BCUT2D eigenvalue weighted by Gasteiger charge is -2.13. The summed E-state index contributed by atoms with van der Waals surface area (Å²) in [5.41, 5.74) is 0.940.